The maximum absolute atomic E-state index is 10.3. The van der Waals surface area contributed by atoms with Crippen LogP contribution in [0.5, 0.6) is 0 Å². The molecule has 4 heteroatoms. The Morgan fingerprint density at radius 1 is 1.64 bits per heavy atom. The second-order valence-corrected chi connectivity index (χ2v) is 4.02. The highest BCUT2D eigenvalue weighted by Crippen LogP contribution is 2.13. The molecule has 3 nitrogen and oxygen atoms in total. The molecule has 1 amide bonds. The number of hydrogen-bond acceptors (Lipinski definition) is 3. The van der Waals surface area contributed by atoms with E-state index in [0.29, 0.717) is 18.2 Å². The second-order valence-electron chi connectivity index (χ2n) is 2.48. The van der Waals surface area contributed by atoms with Crippen LogP contribution in [0.25, 0.3) is 0 Å². The van der Waals surface area contributed by atoms with Crippen molar-refractivity contribution in [3.05, 3.63) is 0 Å². The highest BCUT2D eigenvalue weighted by Gasteiger charge is 2.01. The Bertz CT molecular complexity index is 119. The molecular formula is C7H16N2OS. The molecule has 0 bridgehead atoms. The Labute approximate surface area is 71.9 Å². The molecule has 0 rings (SSSR count). The Hall–Kier alpha value is -0.220. The van der Waals surface area contributed by atoms with Crippen LogP contribution in [-0.4, -0.2) is 23.5 Å². The summed E-state index contributed by atoms with van der Waals surface area (Å²) >= 11 is 1.75. The number of carbonyl (C=O) groups excluding carboxylic acids is 1. The fourth-order valence-electron chi connectivity index (χ4n) is 0.679. The van der Waals surface area contributed by atoms with Crippen molar-refractivity contribution in [2.24, 2.45) is 11.5 Å². The van der Waals surface area contributed by atoms with Gasteiger partial charge in [0, 0.05) is 17.4 Å². The molecular weight excluding hydrogens is 160 g/mol. The van der Waals surface area contributed by atoms with Gasteiger partial charge in [-0.1, -0.05) is 6.92 Å². The first-order valence-electron chi connectivity index (χ1n) is 3.76. The molecule has 11 heavy (non-hydrogen) atoms. The van der Waals surface area contributed by atoms with Gasteiger partial charge in [-0.2, -0.15) is 11.8 Å². The van der Waals surface area contributed by atoms with Gasteiger partial charge in [-0.3, -0.25) is 4.79 Å². The molecule has 0 fully saturated rings. The van der Waals surface area contributed by atoms with E-state index >= 15 is 0 Å². The van der Waals surface area contributed by atoms with E-state index in [1.165, 1.54) is 0 Å². The van der Waals surface area contributed by atoms with Gasteiger partial charge in [-0.15, -0.1) is 0 Å². The molecule has 0 saturated heterocycles. The highest BCUT2D eigenvalue weighted by atomic mass is 32.2. The zero-order valence-electron chi connectivity index (χ0n) is 6.88. The van der Waals surface area contributed by atoms with Gasteiger partial charge in [0.1, 0.15) is 0 Å². The molecule has 0 aliphatic heterocycles. The van der Waals surface area contributed by atoms with Gasteiger partial charge in [0.15, 0.2) is 0 Å². The van der Waals surface area contributed by atoms with Crippen LogP contribution in [-0.2, 0) is 4.79 Å². The van der Waals surface area contributed by atoms with Gasteiger partial charge < -0.3 is 11.5 Å². The molecule has 1 atom stereocenters. The minimum atomic E-state index is -0.225. The van der Waals surface area contributed by atoms with Crippen LogP contribution in [0.15, 0.2) is 0 Å². The first-order valence-corrected chi connectivity index (χ1v) is 4.81. The standard InChI is InChI=1S/C7H16N2OS/c1-6(2-4-8)11-5-3-7(9)10/h6H,2-5,8H2,1H3,(H2,9,10). The van der Waals surface area contributed by atoms with Crippen LogP contribution < -0.4 is 11.5 Å². The summed E-state index contributed by atoms with van der Waals surface area (Å²) in [5.74, 6) is 0.591. The molecule has 0 aliphatic carbocycles. The van der Waals surface area contributed by atoms with Crippen molar-refractivity contribution in [1.29, 1.82) is 0 Å². The van der Waals surface area contributed by atoms with E-state index in [9.17, 15) is 4.79 Å². The monoisotopic (exact) mass is 176 g/mol. The van der Waals surface area contributed by atoms with Crippen LogP contribution in [0.3, 0.4) is 0 Å². The van der Waals surface area contributed by atoms with Gasteiger partial charge >= 0.3 is 0 Å². The van der Waals surface area contributed by atoms with Gasteiger partial charge in [0.25, 0.3) is 0 Å². The van der Waals surface area contributed by atoms with Crippen molar-refractivity contribution >= 4 is 17.7 Å². The van der Waals surface area contributed by atoms with E-state index in [2.05, 4.69) is 6.92 Å². The van der Waals surface area contributed by atoms with Crippen LogP contribution >= 0.6 is 11.8 Å². The summed E-state index contributed by atoms with van der Waals surface area (Å²) in [4.78, 5) is 10.3. The van der Waals surface area contributed by atoms with Crippen LogP contribution in [0.1, 0.15) is 19.8 Å². The van der Waals surface area contributed by atoms with Crippen LogP contribution in [0, 0.1) is 0 Å². The molecule has 0 heterocycles. The fraction of sp³-hybridized carbons (Fsp3) is 0.857. The van der Waals surface area contributed by atoms with Crippen LogP contribution in [0.4, 0.5) is 0 Å². The topological polar surface area (TPSA) is 69.1 Å². The summed E-state index contributed by atoms with van der Waals surface area (Å²) in [6, 6.07) is 0. The summed E-state index contributed by atoms with van der Waals surface area (Å²) < 4.78 is 0. The summed E-state index contributed by atoms with van der Waals surface area (Å²) in [5.41, 5.74) is 10.3. The molecule has 0 aliphatic rings. The molecule has 0 saturated carbocycles. The van der Waals surface area contributed by atoms with Gasteiger partial charge in [-0.05, 0) is 13.0 Å². The average molecular weight is 176 g/mol. The van der Waals surface area contributed by atoms with E-state index in [4.69, 9.17) is 11.5 Å². The largest absolute Gasteiger partial charge is 0.370 e. The third-order valence-electron chi connectivity index (χ3n) is 1.32. The first-order chi connectivity index (χ1) is 5.16. The fourth-order valence-corrected chi connectivity index (χ4v) is 1.70. The molecule has 4 N–H and O–H groups in total. The number of amides is 1. The van der Waals surface area contributed by atoms with Gasteiger partial charge in [0.2, 0.25) is 5.91 Å². The Kier molecular flexibility index (Phi) is 6.36. The van der Waals surface area contributed by atoms with E-state index in [1.54, 1.807) is 11.8 Å². The summed E-state index contributed by atoms with van der Waals surface area (Å²) in [6.07, 6.45) is 1.48. The van der Waals surface area contributed by atoms with Crippen molar-refractivity contribution in [3.63, 3.8) is 0 Å². The van der Waals surface area contributed by atoms with Crippen molar-refractivity contribution in [2.45, 2.75) is 25.0 Å². The van der Waals surface area contributed by atoms with Gasteiger partial charge in [-0.25, -0.2) is 0 Å². The number of rotatable bonds is 6. The first kappa shape index (κ1) is 10.8. The molecule has 0 aromatic heterocycles. The lowest BCUT2D eigenvalue weighted by Gasteiger charge is -2.07. The number of carbonyl (C=O) groups is 1. The highest BCUT2D eigenvalue weighted by molar-refractivity contribution is 7.99. The lowest BCUT2D eigenvalue weighted by atomic mass is 10.3. The second kappa shape index (κ2) is 6.49. The van der Waals surface area contributed by atoms with E-state index in [1.807, 2.05) is 0 Å². The maximum atomic E-state index is 10.3. The molecule has 66 valence electrons. The van der Waals surface area contributed by atoms with Crippen LogP contribution in [0.2, 0.25) is 0 Å². The average Bonchev–Trinajstić information content (AvgIpc) is 1.87. The Morgan fingerprint density at radius 3 is 2.73 bits per heavy atom. The van der Waals surface area contributed by atoms with Gasteiger partial charge in [0.05, 0.1) is 0 Å². The molecule has 0 aromatic rings. The minimum absolute atomic E-state index is 0.225. The van der Waals surface area contributed by atoms with Crippen molar-refractivity contribution in [2.75, 3.05) is 12.3 Å². The van der Waals surface area contributed by atoms with Crippen molar-refractivity contribution in [1.82, 2.24) is 0 Å². The predicted molar refractivity (Wildman–Crippen MR) is 49.4 cm³/mol. The van der Waals surface area contributed by atoms with E-state index in [0.717, 1.165) is 12.2 Å². The molecule has 1 unspecified atom stereocenters. The minimum Gasteiger partial charge on any atom is -0.370 e. The number of thioether (sulfide) groups is 1. The lowest BCUT2D eigenvalue weighted by molar-refractivity contribution is -0.117. The summed E-state index contributed by atoms with van der Waals surface area (Å²) in [6.45, 7) is 2.82. The Morgan fingerprint density at radius 2 is 2.27 bits per heavy atom. The molecule has 0 spiro atoms. The predicted octanol–water partition coefficient (Wildman–Crippen LogP) is 0.332. The van der Waals surface area contributed by atoms with E-state index in [-0.39, 0.29) is 5.91 Å². The zero-order valence-corrected chi connectivity index (χ0v) is 7.69. The SMILES string of the molecule is CC(CCN)SCCC(N)=O. The molecule has 0 aromatic carbocycles. The quantitative estimate of drug-likeness (QED) is 0.613. The van der Waals surface area contributed by atoms with Crippen molar-refractivity contribution in [3.8, 4) is 0 Å². The third-order valence-corrected chi connectivity index (χ3v) is 2.57. The Balaban J connectivity index is 3.16. The smallest absolute Gasteiger partial charge is 0.218 e. The summed E-state index contributed by atoms with van der Waals surface area (Å²) in [7, 11) is 0. The number of nitrogens with two attached hydrogens (primary N) is 2. The number of primary amides is 1. The molecule has 0 radical (unpaired) electrons. The maximum Gasteiger partial charge on any atom is 0.218 e. The van der Waals surface area contributed by atoms with E-state index < -0.39 is 0 Å². The lowest BCUT2D eigenvalue weighted by Crippen LogP contribution is -2.13. The number of hydrogen-bond donors (Lipinski definition) is 2. The summed E-state index contributed by atoms with van der Waals surface area (Å²) in [5, 5.41) is 0.541. The normalized spacial score (nSPS) is 12.9. The zero-order chi connectivity index (χ0) is 8.69. The third kappa shape index (κ3) is 7.68. The van der Waals surface area contributed by atoms with Crippen molar-refractivity contribution < 1.29 is 4.79 Å².